The molecule has 0 unspecified atom stereocenters. The van der Waals surface area contributed by atoms with E-state index in [4.69, 9.17) is 10.5 Å². The van der Waals surface area contributed by atoms with Gasteiger partial charge in [-0.3, -0.25) is 4.79 Å². The fraction of sp³-hybridized carbons (Fsp3) is 0.923. The Balaban J connectivity index is 1.78. The molecule has 0 aromatic heterocycles. The summed E-state index contributed by atoms with van der Waals surface area (Å²) in [6.45, 7) is 2.90. The zero-order valence-corrected chi connectivity index (χ0v) is 10.5. The summed E-state index contributed by atoms with van der Waals surface area (Å²) in [5.41, 5.74) is 6.04. The summed E-state index contributed by atoms with van der Waals surface area (Å²) in [7, 11) is 0. The van der Waals surface area contributed by atoms with Gasteiger partial charge >= 0.3 is 0 Å². The van der Waals surface area contributed by atoms with Crippen LogP contribution in [-0.4, -0.2) is 32.2 Å². The Kier molecular flexibility index (Phi) is 4.40. The van der Waals surface area contributed by atoms with Gasteiger partial charge in [0, 0.05) is 25.7 Å². The molecule has 2 aliphatic rings. The molecule has 0 atom stereocenters. The average molecular weight is 240 g/mol. The topological polar surface area (TPSA) is 64.3 Å². The van der Waals surface area contributed by atoms with Crippen LogP contribution < -0.4 is 11.1 Å². The predicted molar refractivity (Wildman–Crippen MR) is 66.5 cm³/mol. The Morgan fingerprint density at radius 1 is 1.29 bits per heavy atom. The number of hydrogen-bond donors (Lipinski definition) is 2. The molecule has 1 aliphatic heterocycles. The molecule has 4 nitrogen and oxygen atoms in total. The Morgan fingerprint density at radius 3 is 2.53 bits per heavy atom. The van der Waals surface area contributed by atoms with Crippen molar-refractivity contribution >= 4 is 5.91 Å². The lowest BCUT2D eigenvalue weighted by molar-refractivity contribution is -0.128. The lowest BCUT2D eigenvalue weighted by Crippen LogP contribution is -2.43. The van der Waals surface area contributed by atoms with Crippen molar-refractivity contribution in [2.45, 2.75) is 38.5 Å². The number of nitrogens with one attached hydrogen (secondary N) is 1. The molecule has 17 heavy (non-hydrogen) atoms. The first kappa shape index (κ1) is 12.8. The van der Waals surface area contributed by atoms with E-state index in [0.717, 1.165) is 45.4 Å². The third-order valence-electron chi connectivity index (χ3n) is 4.33. The van der Waals surface area contributed by atoms with Crippen molar-refractivity contribution in [3.05, 3.63) is 0 Å². The highest BCUT2D eigenvalue weighted by Crippen LogP contribution is 2.36. The molecule has 1 heterocycles. The van der Waals surface area contributed by atoms with E-state index in [0.29, 0.717) is 6.54 Å². The van der Waals surface area contributed by atoms with Crippen molar-refractivity contribution < 1.29 is 9.53 Å². The van der Waals surface area contributed by atoms with Crippen LogP contribution in [0, 0.1) is 11.3 Å². The predicted octanol–water partition coefficient (Wildman–Crippen LogP) is 1.05. The third kappa shape index (κ3) is 3.19. The highest BCUT2D eigenvalue weighted by molar-refractivity contribution is 5.78. The lowest BCUT2D eigenvalue weighted by Gasteiger charge is -2.29. The van der Waals surface area contributed by atoms with Crippen LogP contribution in [0.3, 0.4) is 0 Å². The number of carbonyl (C=O) groups excluding carboxylic acids is 1. The molecule has 1 saturated heterocycles. The van der Waals surface area contributed by atoms with E-state index in [-0.39, 0.29) is 17.2 Å². The molecular formula is C13H24N2O2. The maximum absolute atomic E-state index is 12.0. The van der Waals surface area contributed by atoms with E-state index in [9.17, 15) is 4.79 Å². The van der Waals surface area contributed by atoms with E-state index < -0.39 is 0 Å². The number of nitrogens with two attached hydrogens (primary N) is 1. The second-order valence-electron chi connectivity index (χ2n) is 5.52. The number of hydrogen-bond acceptors (Lipinski definition) is 3. The van der Waals surface area contributed by atoms with E-state index in [2.05, 4.69) is 5.32 Å². The molecule has 2 fully saturated rings. The van der Waals surface area contributed by atoms with Crippen LogP contribution in [0.5, 0.6) is 0 Å². The van der Waals surface area contributed by atoms with Crippen LogP contribution in [0.1, 0.15) is 38.5 Å². The summed E-state index contributed by atoms with van der Waals surface area (Å²) < 4.78 is 5.27. The fourth-order valence-electron chi connectivity index (χ4n) is 2.96. The first-order chi connectivity index (χ1) is 8.26. The zero-order valence-electron chi connectivity index (χ0n) is 10.5. The van der Waals surface area contributed by atoms with Crippen molar-refractivity contribution in [2.75, 3.05) is 26.3 Å². The van der Waals surface area contributed by atoms with Crippen LogP contribution in [-0.2, 0) is 9.53 Å². The van der Waals surface area contributed by atoms with Gasteiger partial charge in [-0.25, -0.2) is 0 Å². The molecule has 1 amide bonds. The summed E-state index contributed by atoms with van der Waals surface area (Å²) >= 11 is 0. The molecule has 1 aliphatic carbocycles. The number of carbonyl (C=O) groups is 1. The number of rotatable bonds is 4. The number of amides is 1. The maximum Gasteiger partial charge on any atom is 0.223 e. The van der Waals surface area contributed by atoms with Gasteiger partial charge in [-0.05, 0) is 37.6 Å². The van der Waals surface area contributed by atoms with Gasteiger partial charge in [0.2, 0.25) is 5.91 Å². The quantitative estimate of drug-likeness (QED) is 0.772. The Hall–Kier alpha value is -0.610. The Morgan fingerprint density at radius 2 is 1.94 bits per heavy atom. The maximum atomic E-state index is 12.0. The Bertz CT molecular complexity index is 256. The van der Waals surface area contributed by atoms with Gasteiger partial charge in [0.1, 0.15) is 0 Å². The molecule has 3 N–H and O–H groups in total. The molecule has 0 aromatic carbocycles. The molecule has 98 valence electrons. The summed E-state index contributed by atoms with van der Waals surface area (Å²) in [5.74, 6) is 0.355. The normalized spacial score (nSPS) is 24.8. The smallest absolute Gasteiger partial charge is 0.223 e. The average Bonchev–Trinajstić information content (AvgIpc) is 2.86. The summed E-state index contributed by atoms with van der Waals surface area (Å²) in [5, 5.41) is 3.11. The summed E-state index contributed by atoms with van der Waals surface area (Å²) in [6, 6.07) is 0. The van der Waals surface area contributed by atoms with Gasteiger partial charge in [-0.15, -0.1) is 0 Å². The van der Waals surface area contributed by atoms with E-state index >= 15 is 0 Å². The molecule has 1 saturated carbocycles. The van der Waals surface area contributed by atoms with Crippen LogP contribution in [0.2, 0.25) is 0 Å². The summed E-state index contributed by atoms with van der Waals surface area (Å²) in [4.78, 5) is 12.0. The van der Waals surface area contributed by atoms with Crippen molar-refractivity contribution in [1.29, 1.82) is 0 Å². The fourth-order valence-corrected chi connectivity index (χ4v) is 2.96. The van der Waals surface area contributed by atoms with Crippen molar-refractivity contribution in [3.63, 3.8) is 0 Å². The van der Waals surface area contributed by atoms with Gasteiger partial charge in [0.25, 0.3) is 0 Å². The minimum Gasteiger partial charge on any atom is -0.381 e. The first-order valence-corrected chi connectivity index (χ1v) is 6.81. The van der Waals surface area contributed by atoms with Crippen LogP contribution in [0.15, 0.2) is 0 Å². The monoisotopic (exact) mass is 240 g/mol. The molecule has 4 heteroatoms. The van der Waals surface area contributed by atoms with Crippen LogP contribution in [0.4, 0.5) is 0 Å². The molecule has 0 aromatic rings. The standard InChI is InChI=1S/C13H24N2O2/c14-9-13(5-1-2-6-13)10-15-12(16)11-3-7-17-8-4-11/h11H,1-10,14H2,(H,15,16). The van der Waals surface area contributed by atoms with E-state index in [1.165, 1.54) is 12.8 Å². The third-order valence-corrected chi connectivity index (χ3v) is 4.33. The van der Waals surface area contributed by atoms with E-state index in [1.807, 2.05) is 0 Å². The van der Waals surface area contributed by atoms with Crippen molar-refractivity contribution in [2.24, 2.45) is 17.1 Å². The Labute approximate surface area is 103 Å². The minimum atomic E-state index is 0.153. The van der Waals surface area contributed by atoms with Gasteiger partial charge in [0.15, 0.2) is 0 Å². The second kappa shape index (κ2) is 5.83. The second-order valence-corrected chi connectivity index (χ2v) is 5.52. The minimum absolute atomic E-state index is 0.153. The molecule has 0 spiro atoms. The van der Waals surface area contributed by atoms with Crippen molar-refractivity contribution in [1.82, 2.24) is 5.32 Å². The van der Waals surface area contributed by atoms with Gasteiger partial charge in [-0.1, -0.05) is 12.8 Å². The van der Waals surface area contributed by atoms with Gasteiger partial charge in [0.05, 0.1) is 0 Å². The SMILES string of the molecule is NCC1(CNC(=O)C2CCOCC2)CCCC1. The lowest BCUT2D eigenvalue weighted by atomic mass is 9.86. The molecule has 0 bridgehead atoms. The molecule has 0 radical (unpaired) electrons. The van der Waals surface area contributed by atoms with E-state index in [1.54, 1.807) is 0 Å². The zero-order chi connectivity index (χ0) is 12.1. The molecule has 2 rings (SSSR count). The van der Waals surface area contributed by atoms with Crippen LogP contribution in [0.25, 0.3) is 0 Å². The largest absolute Gasteiger partial charge is 0.381 e. The van der Waals surface area contributed by atoms with Gasteiger partial charge in [-0.2, -0.15) is 0 Å². The van der Waals surface area contributed by atoms with Gasteiger partial charge < -0.3 is 15.8 Å². The van der Waals surface area contributed by atoms with Crippen molar-refractivity contribution in [3.8, 4) is 0 Å². The highest BCUT2D eigenvalue weighted by atomic mass is 16.5. The highest BCUT2D eigenvalue weighted by Gasteiger charge is 2.33. The van der Waals surface area contributed by atoms with Crippen LogP contribution >= 0.6 is 0 Å². The number of ether oxygens (including phenoxy) is 1. The molecular weight excluding hydrogens is 216 g/mol. The summed E-state index contributed by atoms with van der Waals surface area (Å²) in [6.07, 6.45) is 6.56. The first-order valence-electron chi connectivity index (χ1n) is 6.81.